The lowest BCUT2D eigenvalue weighted by atomic mass is 10.1. The molecule has 0 bridgehead atoms. The quantitative estimate of drug-likeness (QED) is 0.370. The SMILES string of the molecule is CNCCCCCN1C(=O)C(c2cccc(C(=N)N)c2)Sc2ccccc21. The molecular formula is C21H26N4OS. The Morgan fingerprint density at radius 3 is 2.78 bits per heavy atom. The molecule has 0 saturated heterocycles. The summed E-state index contributed by atoms with van der Waals surface area (Å²) in [6, 6.07) is 15.6. The van der Waals surface area contributed by atoms with Crippen molar-refractivity contribution in [3.8, 4) is 0 Å². The van der Waals surface area contributed by atoms with Crippen LogP contribution in [0, 0.1) is 5.41 Å². The topological polar surface area (TPSA) is 82.2 Å². The van der Waals surface area contributed by atoms with E-state index < -0.39 is 0 Å². The molecule has 2 aromatic rings. The number of unbranched alkanes of at least 4 members (excludes halogenated alkanes) is 2. The lowest BCUT2D eigenvalue weighted by Gasteiger charge is -2.34. The number of thioether (sulfide) groups is 1. The summed E-state index contributed by atoms with van der Waals surface area (Å²) < 4.78 is 0. The van der Waals surface area contributed by atoms with Crippen molar-refractivity contribution < 1.29 is 4.79 Å². The highest BCUT2D eigenvalue weighted by Crippen LogP contribution is 2.46. The Labute approximate surface area is 164 Å². The van der Waals surface area contributed by atoms with Crippen molar-refractivity contribution in [3.63, 3.8) is 0 Å². The van der Waals surface area contributed by atoms with Gasteiger partial charge in [0.05, 0.1) is 5.69 Å². The molecule has 0 fully saturated rings. The van der Waals surface area contributed by atoms with Gasteiger partial charge in [0.25, 0.3) is 0 Å². The van der Waals surface area contributed by atoms with Gasteiger partial charge in [-0.25, -0.2) is 0 Å². The van der Waals surface area contributed by atoms with Gasteiger partial charge >= 0.3 is 0 Å². The molecule has 0 aromatic heterocycles. The zero-order valence-corrected chi connectivity index (χ0v) is 16.4. The number of nitrogens with one attached hydrogen (secondary N) is 2. The van der Waals surface area contributed by atoms with Crippen molar-refractivity contribution in [2.45, 2.75) is 29.4 Å². The molecule has 0 saturated carbocycles. The second-order valence-electron chi connectivity index (χ2n) is 6.66. The molecule has 27 heavy (non-hydrogen) atoms. The Kier molecular flexibility index (Phi) is 6.53. The summed E-state index contributed by atoms with van der Waals surface area (Å²) in [4.78, 5) is 16.3. The molecule has 6 heteroatoms. The van der Waals surface area contributed by atoms with E-state index in [1.165, 1.54) is 0 Å². The van der Waals surface area contributed by atoms with Crippen LogP contribution in [0.25, 0.3) is 0 Å². The van der Waals surface area contributed by atoms with Crippen molar-refractivity contribution in [2.75, 3.05) is 25.0 Å². The summed E-state index contributed by atoms with van der Waals surface area (Å²) in [5, 5.41) is 10.5. The molecule has 5 nitrogen and oxygen atoms in total. The van der Waals surface area contributed by atoms with E-state index in [0.29, 0.717) is 5.56 Å². The van der Waals surface area contributed by atoms with E-state index in [0.717, 1.165) is 48.5 Å². The molecular weight excluding hydrogens is 356 g/mol. The zero-order chi connectivity index (χ0) is 19.2. The van der Waals surface area contributed by atoms with E-state index in [1.807, 2.05) is 48.3 Å². The number of nitrogens with two attached hydrogens (primary N) is 1. The molecule has 1 unspecified atom stereocenters. The predicted octanol–water partition coefficient (Wildman–Crippen LogP) is 3.54. The third-order valence-corrected chi connectivity index (χ3v) is 6.01. The number of benzene rings is 2. The monoisotopic (exact) mass is 382 g/mol. The van der Waals surface area contributed by atoms with E-state index >= 15 is 0 Å². The van der Waals surface area contributed by atoms with Crippen LogP contribution in [0.15, 0.2) is 53.4 Å². The minimum Gasteiger partial charge on any atom is -0.384 e. The zero-order valence-electron chi connectivity index (χ0n) is 15.6. The van der Waals surface area contributed by atoms with Gasteiger partial charge in [0.1, 0.15) is 11.1 Å². The molecule has 0 radical (unpaired) electrons. The number of anilines is 1. The maximum Gasteiger partial charge on any atom is 0.245 e. The fourth-order valence-electron chi connectivity index (χ4n) is 3.28. The highest BCUT2D eigenvalue weighted by atomic mass is 32.2. The molecule has 4 N–H and O–H groups in total. The number of nitrogen functional groups attached to an aromatic ring is 1. The van der Waals surface area contributed by atoms with Gasteiger partial charge in [-0.1, -0.05) is 36.8 Å². The second kappa shape index (κ2) is 9.06. The van der Waals surface area contributed by atoms with E-state index in [4.69, 9.17) is 11.1 Å². The predicted molar refractivity (Wildman–Crippen MR) is 113 cm³/mol. The van der Waals surface area contributed by atoms with Crippen molar-refractivity contribution in [2.24, 2.45) is 5.73 Å². The lowest BCUT2D eigenvalue weighted by molar-refractivity contribution is -0.118. The summed E-state index contributed by atoms with van der Waals surface area (Å²) in [7, 11) is 1.96. The minimum atomic E-state index is -0.309. The van der Waals surface area contributed by atoms with Crippen LogP contribution in [0.3, 0.4) is 0 Å². The van der Waals surface area contributed by atoms with Gasteiger partial charge in [-0.05, 0) is 50.2 Å². The van der Waals surface area contributed by atoms with Crippen LogP contribution in [0.2, 0.25) is 0 Å². The fraction of sp³-hybridized carbons (Fsp3) is 0.333. The number of hydrogen-bond acceptors (Lipinski definition) is 4. The van der Waals surface area contributed by atoms with Crippen LogP contribution in [-0.2, 0) is 4.79 Å². The summed E-state index contributed by atoms with van der Waals surface area (Å²) in [6.45, 7) is 1.73. The normalized spacial score (nSPS) is 16.3. The third-order valence-electron chi connectivity index (χ3n) is 4.70. The number of carbonyl (C=O) groups is 1. The van der Waals surface area contributed by atoms with Crippen LogP contribution in [0.4, 0.5) is 5.69 Å². The van der Waals surface area contributed by atoms with Crippen LogP contribution in [0.1, 0.15) is 35.6 Å². The average Bonchev–Trinajstić information content (AvgIpc) is 2.69. The Balaban J connectivity index is 1.84. The number of para-hydroxylation sites is 1. The van der Waals surface area contributed by atoms with E-state index in [9.17, 15) is 4.79 Å². The minimum absolute atomic E-state index is 0.0203. The Morgan fingerprint density at radius 1 is 1.19 bits per heavy atom. The molecule has 1 amide bonds. The van der Waals surface area contributed by atoms with Crippen LogP contribution in [0.5, 0.6) is 0 Å². The summed E-state index contributed by atoms with van der Waals surface area (Å²) in [5.74, 6) is 0.125. The van der Waals surface area contributed by atoms with Crippen molar-refractivity contribution >= 4 is 29.2 Å². The first-order chi connectivity index (χ1) is 13.1. The summed E-state index contributed by atoms with van der Waals surface area (Å²) >= 11 is 1.58. The number of carbonyl (C=O) groups excluding carboxylic acids is 1. The van der Waals surface area contributed by atoms with Gasteiger partial charge in [0, 0.05) is 17.0 Å². The van der Waals surface area contributed by atoms with E-state index in [1.54, 1.807) is 17.8 Å². The maximum atomic E-state index is 13.3. The Hall–Kier alpha value is -2.31. The van der Waals surface area contributed by atoms with Crippen molar-refractivity contribution in [1.29, 1.82) is 5.41 Å². The Morgan fingerprint density at radius 2 is 2.00 bits per heavy atom. The summed E-state index contributed by atoms with van der Waals surface area (Å²) in [6.07, 6.45) is 3.18. The average molecular weight is 383 g/mol. The molecule has 2 aromatic carbocycles. The molecule has 3 rings (SSSR count). The van der Waals surface area contributed by atoms with Crippen LogP contribution >= 0.6 is 11.8 Å². The maximum absolute atomic E-state index is 13.3. The van der Waals surface area contributed by atoms with Gasteiger partial charge in [-0.2, -0.15) is 0 Å². The second-order valence-corrected chi connectivity index (χ2v) is 7.81. The number of amidine groups is 1. The molecule has 1 aliphatic heterocycles. The summed E-state index contributed by atoms with van der Waals surface area (Å²) in [5.41, 5.74) is 8.18. The number of hydrogen-bond donors (Lipinski definition) is 3. The van der Waals surface area contributed by atoms with Crippen LogP contribution < -0.4 is 16.0 Å². The first kappa shape index (κ1) is 19.5. The van der Waals surface area contributed by atoms with Gasteiger partial charge in [0.15, 0.2) is 0 Å². The third kappa shape index (κ3) is 4.51. The van der Waals surface area contributed by atoms with E-state index in [2.05, 4.69) is 11.4 Å². The van der Waals surface area contributed by atoms with Crippen molar-refractivity contribution in [3.05, 3.63) is 59.7 Å². The number of fused-ring (bicyclic) bond motifs is 1. The van der Waals surface area contributed by atoms with Gasteiger partial charge in [0.2, 0.25) is 5.91 Å². The van der Waals surface area contributed by atoms with Crippen LogP contribution in [-0.4, -0.2) is 31.9 Å². The Bertz CT molecular complexity index is 823. The van der Waals surface area contributed by atoms with Crippen molar-refractivity contribution in [1.82, 2.24) is 5.32 Å². The first-order valence-electron chi connectivity index (χ1n) is 9.28. The number of amides is 1. The highest BCUT2D eigenvalue weighted by molar-refractivity contribution is 8.00. The molecule has 0 aliphatic carbocycles. The molecule has 0 spiro atoms. The van der Waals surface area contributed by atoms with Gasteiger partial charge < -0.3 is 16.0 Å². The number of nitrogens with zero attached hydrogens (tertiary/aromatic N) is 1. The molecule has 142 valence electrons. The van der Waals surface area contributed by atoms with Gasteiger partial charge in [-0.15, -0.1) is 11.8 Å². The largest absolute Gasteiger partial charge is 0.384 e. The fourth-order valence-corrected chi connectivity index (χ4v) is 4.50. The van der Waals surface area contributed by atoms with Gasteiger partial charge in [-0.3, -0.25) is 10.2 Å². The van der Waals surface area contributed by atoms with E-state index in [-0.39, 0.29) is 17.0 Å². The molecule has 1 aliphatic rings. The highest BCUT2D eigenvalue weighted by Gasteiger charge is 2.34. The smallest absolute Gasteiger partial charge is 0.245 e. The lowest BCUT2D eigenvalue weighted by Crippen LogP contribution is -2.38. The molecule has 1 atom stereocenters. The molecule has 1 heterocycles. The number of rotatable bonds is 8. The standard InChI is InChI=1S/C21H26N4OS/c1-24-12-5-2-6-13-25-17-10-3-4-11-18(17)27-19(21(25)26)15-8-7-9-16(14-15)20(22)23/h3-4,7-11,14,19,24H,2,5-6,12-13H2,1H3,(H3,22,23). The first-order valence-corrected chi connectivity index (χ1v) is 10.2.